The molecule has 0 rings (SSSR count). The van der Waals surface area contributed by atoms with Gasteiger partial charge in [0.15, 0.2) is 0 Å². The van der Waals surface area contributed by atoms with E-state index in [-0.39, 0.29) is 27.1 Å². The first-order valence-electron chi connectivity index (χ1n) is 6.58. The van der Waals surface area contributed by atoms with Crippen LogP contribution >= 0.6 is 0 Å². The summed E-state index contributed by atoms with van der Waals surface area (Å²) in [6, 6.07) is 0. The largest absolute Gasteiger partial charge is 0.439 e. The minimum atomic E-state index is -5.75. The smallest absolute Gasteiger partial charge is 0.396 e. The Morgan fingerprint density at radius 2 is 0.786 bits per heavy atom. The number of alkyl halides is 8. The molecule has 0 spiro atoms. The van der Waals surface area contributed by atoms with Crippen molar-refractivity contribution in [3.63, 3.8) is 0 Å². The molecule has 0 fully saturated rings. The van der Waals surface area contributed by atoms with E-state index in [1.54, 1.807) is 0 Å². The van der Waals surface area contributed by atoms with E-state index in [9.17, 15) is 52.0 Å². The highest BCUT2D eigenvalue weighted by Crippen LogP contribution is 2.37. The van der Waals surface area contributed by atoms with Crippen LogP contribution in [0.3, 0.4) is 0 Å². The van der Waals surface area contributed by atoms with E-state index in [2.05, 4.69) is 0 Å². The quantitative estimate of drug-likeness (QED) is 0.264. The molecule has 0 aliphatic carbocycles. The van der Waals surface area contributed by atoms with E-state index in [0.29, 0.717) is 0 Å². The lowest BCUT2D eigenvalue weighted by atomic mass is 10.3. The highest BCUT2D eigenvalue weighted by molar-refractivity contribution is 7.87. The third kappa shape index (κ3) is 10.1. The van der Waals surface area contributed by atoms with Crippen LogP contribution in [0.15, 0.2) is 0 Å². The lowest BCUT2D eigenvalue weighted by molar-refractivity contribution is -0.194. The predicted octanol–water partition coefficient (Wildman–Crippen LogP) is 2.00. The Labute approximate surface area is 154 Å². The fraction of sp³-hybridized carbons (Fsp3) is 1.00. The average molecular weight is 482 g/mol. The summed E-state index contributed by atoms with van der Waals surface area (Å²) in [5.74, 6) is 0. The van der Waals surface area contributed by atoms with E-state index >= 15 is 0 Å². The lowest BCUT2D eigenvalue weighted by Crippen LogP contribution is -2.44. The lowest BCUT2D eigenvalue weighted by Gasteiger charge is -2.19. The number of aliphatic hydroxyl groups is 2. The van der Waals surface area contributed by atoms with Crippen molar-refractivity contribution in [2.45, 2.75) is 49.0 Å². The molecule has 0 bridgehead atoms. The third-order valence-electron chi connectivity index (χ3n) is 2.55. The molecule has 2 atom stereocenters. The van der Waals surface area contributed by atoms with Gasteiger partial charge in [0.05, 0.1) is 0 Å². The highest BCUT2D eigenvalue weighted by atomic mass is 32.2. The second kappa shape index (κ2) is 10.8. The van der Waals surface area contributed by atoms with Gasteiger partial charge in [0.1, 0.15) is 0 Å². The van der Waals surface area contributed by atoms with Crippen molar-refractivity contribution in [1.82, 2.24) is 0 Å². The Bertz CT molecular complexity index is 594. The predicted molar refractivity (Wildman–Crippen MR) is 77.6 cm³/mol. The first-order chi connectivity index (χ1) is 11.9. The number of hydrogen-bond donors (Lipinski definition) is 4. The van der Waals surface area contributed by atoms with Crippen molar-refractivity contribution in [3.05, 3.63) is 0 Å². The van der Waals surface area contributed by atoms with Crippen molar-refractivity contribution >= 4 is 20.2 Å². The maximum Gasteiger partial charge on any atom is 0.439 e. The fourth-order valence-corrected chi connectivity index (χ4v) is 1.10. The highest BCUT2D eigenvalue weighted by Gasteiger charge is 2.62. The van der Waals surface area contributed by atoms with Crippen molar-refractivity contribution in [1.29, 1.82) is 0 Å². The molecule has 0 radical (unpaired) electrons. The molecule has 0 aromatic heterocycles. The van der Waals surface area contributed by atoms with Gasteiger partial charge in [0.25, 0.3) is 0 Å². The van der Waals surface area contributed by atoms with E-state index in [1.165, 1.54) is 0 Å². The fourth-order valence-electron chi connectivity index (χ4n) is 0.516. The molecule has 0 saturated carbocycles. The van der Waals surface area contributed by atoms with E-state index < -0.39 is 42.6 Å². The molecule has 0 aliphatic heterocycles. The molecular formula is C10H18F8O8S2. The van der Waals surface area contributed by atoms with Gasteiger partial charge in [-0.3, -0.25) is 9.11 Å². The Balaban J connectivity index is -0.000000351. The number of halogens is 8. The summed E-state index contributed by atoms with van der Waals surface area (Å²) in [6.45, 7) is -0.161. The summed E-state index contributed by atoms with van der Waals surface area (Å²) in [4.78, 5) is 0. The molecule has 4 N–H and O–H groups in total. The SMILES string of the molecule is CC(F)(C(F)(F)F)S(=O)(=O)O.CC(F)(C(F)(F)F)S(=O)(=O)O.OCCCCO. The summed E-state index contributed by atoms with van der Waals surface area (Å²) in [7, 11) is -11.5. The second-order valence-corrected chi connectivity index (χ2v) is 8.37. The topological polar surface area (TPSA) is 149 Å². The Kier molecular flexibility index (Phi) is 12.3. The van der Waals surface area contributed by atoms with Crippen LogP contribution in [0, 0.1) is 0 Å². The van der Waals surface area contributed by atoms with Crippen molar-refractivity contribution in [2.24, 2.45) is 0 Å². The van der Waals surface area contributed by atoms with Crippen LogP contribution in [0.4, 0.5) is 35.1 Å². The van der Waals surface area contributed by atoms with Gasteiger partial charge in [0.2, 0.25) is 0 Å². The summed E-state index contributed by atoms with van der Waals surface area (Å²) < 4.78 is 147. The Morgan fingerprint density at radius 1 is 0.607 bits per heavy atom. The number of rotatable bonds is 5. The van der Waals surface area contributed by atoms with Gasteiger partial charge in [-0.1, -0.05) is 0 Å². The summed E-state index contributed by atoms with van der Waals surface area (Å²) in [5, 5.41) is 6.98. The molecule has 0 aliphatic rings. The minimum absolute atomic E-state index is 0.195. The molecule has 28 heavy (non-hydrogen) atoms. The molecule has 174 valence electrons. The van der Waals surface area contributed by atoms with Crippen LogP contribution in [0.1, 0.15) is 26.7 Å². The number of aliphatic hydroxyl groups excluding tert-OH is 2. The number of hydrogen-bond acceptors (Lipinski definition) is 6. The van der Waals surface area contributed by atoms with Crippen LogP contribution in [-0.4, -0.2) is 71.7 Å². The maximum absolute atomic E-state index is 12.1. The molecule has 2 unspecified atom stereocenters. The minimum Gasteiger partial charge on any atom is -0.396 e. The van der Waals surface area contributed by atoms with Crippen LogP contribution in [0.2, 0.25) is 0 Å². The van der Waals surface area contributed by atoms with Crippen LogP contribution in [0.5, 0.6) is 0 Å². The van der Waals surface area contributed by atoms with Gasteiger partial charge >= 0.3 is 42.6 Å². The third-order valence-corrected chi connectivity index (χ3v) is 4.95. The first kappa shape index (κ1) is 31.9. The maximum atomic E-state index is 12.1. The molecule has 18 heteroatoms. The standard InChI is InChI=1S/C4H10O2.2C3H4F4O3S/c5-3-1-2-4-6;2*1-2(4,3(5,6)7)11(8,9)10/h5-6H,1-4H2;2*1H3,(H,8,9,10). The molecule has 0 aromatic rings. The van der Waals surface area contributed by atoms with Gasteiger partial charge in [-0.15, -0.1) is 0 Å². The summed E-state index contributed by atoms with van der Waals surface area (Å²) >= 11 is 0. The van der Waals surface area contributed by atoms with E-state index in [1.807, 2.05) is 0 Å². The van der Waals surface area contributed by atoms with E-state index in [0.717, 1.165) is 12.8 Å². The van der Waals surface area contributed by atoms with Gasteiger partial charge in [0, 0.05) is 13.2 Å². The van der Waals surface area contributed by atoms with Crippen LogP contribution in [0.25, 0.3) is 0 Å². The first-order valence-corrected chi connectivity index (χ1v) is 9.46. The molecular weight excluding hydrogens is 464 g/mol. The van der Waals surface area contributed by atoms with Crippen LogP contribution < -0.4 is 0 Å². The van der Waals surface area contributed by atoms with Gasteiger partial charge < -0.3 is 10.2 Å². The van der Waals surface area contributed by atoms with Crippen molar-refractivity contribution in [2.75, 3.05) is 13.2 Å². The monoisotopic (exact) mass is 482 g/mol. The Hall–Kier alpha value is -0.820. The molecule has 0 heterocycles. The van der Waals surface area contributed by atoms with Gasteiger partial charge in [-0.2, -0.15) is 43.2 Å². The van der Waals surface area contributed by atoms with E-state index in [4.69, 9.17) is 19.3 Å². The number of unbranched alkanes of at least 4 members (excludes halogenated alkanes) is 1. The normalized spacial score (nSPS) is 17.2. The van der Waals surface area contributed by atoms with Crippen molar-refractivity contribution < 1.29 is 71.3 Å². The summed E-state index contributed by atoms with van der Waals surface area (Å²) in [5.41, 5.74) is 0. The molecule has 0 saturated heterocycles. The zero-order valence-corrected chi connectivity index (χ0v) is 15.7. The molecule has 0 aromatic carbocycles. The van der Waals surface area contributed by atoms with Crippen molar-refractivity contribution in [3.8, 4) is 0 Å². The summed E-state index contributed by atoms with van der Waals surface area (Å²) in [6.07, 6.45) is -9.81. The van der Waals surface area contributed by atoms with Gasteiger partial charge in [-0.05, 0) is 26.7 Å². The van der Waals surface area contributed by atoms with Crippen LogP contribution in [-0.2, 0) is 20.2 Å². The Morgan fingerprint density at radius 3 is 0.821 bits per heavy atom. The molecule has 0 amide bonds. The molecule has 8 nitrogen and oxygen atoms in total. The van der Waals surface area contributed by atoms with Gasteiger partial charge in [-0.25, -0.2) is 8.78 Å². The average Bonchev–Trinajstić information content (AvgIpc) is 2.41. The zero-order valence-electron chi connectivity index (χ0n) is 14.1. The second-order valence-electron chi connectivity index (χ2n) is 4.93. The zero-order chi connectivity index (χ0) is 23.8.